The number of rotatable bonds is 8. The van der Waals surface area contributed by atoms with Crippen LogP contribution in [0.4, 0.5) is 8.78 Å². The minimum Gasteiger partial charge on any atom is -0.384 e. The Balaban J connectivity index is 2.13. The summed E-state index contributed by atoms with van der Waals surface area (Å²) in [5, 5.41) is 9.69. The van der Waals surface area contributed by atoms with E-state index in [1.54, 1.807) is 4.98 Å². The Morgan fingerprint density at radius 2 is 1.73 bits per heavy atom. The second kappa shape index (κ2) is 8.43. The molecule has 1 aliphatic rings. The van der Waals surface area contributed by atoms with Gasteiger partial charge in [0.2, 0.25) is 6.23 Å². The molecule has 2 rings (SSSR count). The molecule has 172 valence electrons. The first-order valence-corrected chi connectivity index (χ1v) is 11.8. The Hall–Kier alpha value is -1.13. The first-order valence-electron chi connectivity index (χ1n) is 7.25. The van der Waals surface area contributed by atoms with Crippen LogP contribution in [0.2, 0.25) is 0 Å². The number of aromatic nitrogens is 2. The van der Waals surface area contributed by atoms with Gasteiger partial charge in [-0.2, -0.15) is 17.4 Å². The molecule has 2 heterocycles. The molecule has 0 amide bonds. The van der Waals surface area contributed by atoms with E-state index in [-0.39, 0.29) is 4.57 Å². The third kappa shape index (κ3) is 6.20. The highest BCUT2D eigenvalue weighted by molar-refractivity contribution is 7.66. The monoisotopic (exact) mass is 504 g/mol. The third-order valence-electron chi connectivity index (χ3n) is 3.30. The molecule has 1 saturated heterocycles. The van der Waals surface area contributed by atoms with Gasteiger partial charge in [-0.05, 0) is 0 Å². The highest BCUT2D eigenvalue weighted by Gasteiger charge is 2.60. The lowest BCUT2D eigenvalue weighted by atomic mass is 10.1. The number of aliphatic hydroxyl groups excluding tert-OH is 1. The number of phosphoric ester groups is 1. The highest BCUT2D eigenvalue weighted by atomic mass is 31.3. The van der Waals surface area contributed by atoms with Gasteiger partial charge in [-0.25, -0.2) is 18.5 Å². The number of H-pyrrole nitrogens is 1. The van der Waals surface area contributed by atoms with Crippen molar-refractivity contribution in [3.8, 4) is 0 Å². The summed E-state index contributed by atoms with van der Waals surface area (Å²) in [6, 6.07) is 0.701. The van der Waals surface area contributed by atoms with Crippen molar-refractivity contribution in [1.29, 1.82) is 0 Å². The molecule has 6 N–H and O–H groups in total. The number of nitrogens with zero attached hydrogens (tertiary/aromatic N) is 1. The van der Waals surface area contributed by atoms with Crippen molar-refractivity contribution in [2.75, 3.05) is 6.61 Å². The molecule has 0 spiro atoms. The number of hydrogen-bond acceptors (Lipinski definition) is 10. The number of phosphoric acid groups is 3. The van der Waals surface area contributed by atoms with Gasteiger partial charge in [0.1, 0.15) is 6.10 Å². The normalized spacial score (nSPS) is 28.0. The van der Waals surface area contributed by atoms with Gasteiger partial charge in [-0.3, -0.25) is 18.9 Å². The van der Waals surface area contributed by atoms with E-state index < -0.39 is 65.7 Å². The summed E-state index contributed by atoms with van der Waals surface area (Å²) in [5.74, 6) is -4.17. The fourth-order valence-electron chi connectivity index (χ4n) is 2.19. The Kier molecular flexibility index (Phi) is 7.06. The predicted molar refractivity (Wildman–Crippen MR) is 86.0 cm³/mol. The molecule has 1 aromatic heterocycles. The van der Waals surface area contributed by atoms with Gasteiger partial charge in [-0.1, -0.05) is 0 Å². The zero-order valence-corrected chi connectivity index (χ0v) is 16.7. The van der Waals surface area contributed by atoms with Crippen LogP contribution in [0, 0.1) is 0 Å². The average molecular weight is 504 g/mol. The van der Waals surface area contributed by atoms with E-state index in [0.717, 1.165) is 0 Å². The molecule has 0 aliphatic carbocycles. The number of halogens is 2. The average Bonchev–Trinajstić information content (AvgIpc) is 2.73. The molecule has 0 bridgehead atoms. The van der Waals surface area contributed by atoms with Crippen LogP contribution < -0.4 is 11.2 Å². The summed E-state index contributed by atoms with van der Waals surface area (Å²) < 4.78 is 77.8. The SMILES string of the molecule is O=c1ccn([C@@H]2O[C@H](COP(=O)(O)OP(=O)(O)OP(=O)(O)O)[C@@H](O)C2(F)F)c(=O)[nH]1. The molecule has 0 aromatic carbocycles. The summed E-state index contributed by atoms with van der Waals surface area (Å²) in [5.41, 5.74) is -2.24. The first kappa shape index (κ1) is 25.1. The standard InChI is InChI=1S/C9H13F2N2O14P3/c10-9(11)6(15)4(25-7(9)13-2-1-5(14)12-8(13)16)3-24-29(20,21)27-30(22,23)26-28(17,18)19/h1-2,4,6-7,15H,3H2,(H,20,21)(H,22,23)(H,12,14,16)(H2,17,18,19)/t4-,6-,7-/m1/s1. The van der Waals surface area contributed by atoms with Gasteiger partial charge in [-0.15, -0.1) is 0 Å². The second-order valence-electron chi connectivity index (χ2n) is 5.55. The zero-order valence-electron chi connectivity index (χ0n) is 14.0. The lowest BCUT2D eigenvalue weighted by Gasteiger charge is -2.20. The van der Waals surface area contributed by atoms with Crippen LogP contribution in [-0.4, -0.2) is 59.0 Å². The predicted octanol–water partition coefficient (Wildman–Crippen LogP) is -1.23. The van der Waals surface area contributed by atoms with Crippen molar-refractivity contribution in [3.63, 3.8) is 0 Å². The molecule has 16 nitrogen and oxygen atoms in total. The van der Waals surface area contributed by atoms with Crippen molar-refractivity contribution in [2.24, 2.45) is 0 Å². The fourth-order valence-corrected chi connectivity index (χ4v) is 5.22. The van der Waals surface area contributed by atoms with Crippen LogP contribution in [0.1, 0.15) is 6.23 Å². The summed E-state index contributed by atoms with van der Waals surface area (Å²) in [4.78, 5) is 59.4. The Labute approximate surface area is 163 Å². The Bertz CT molecular complexity index is 1050. The smallest absolute Gasteiger partial charge is 0.384 e. The van der Waals surface area contributed by atoms with Gasteiger partial charge in [0.25, 0.3) is 5.56 Å². The minimum absolute atomic E-state index is 0.218. The van der Waals surface area contributed by atoms with Crippen LogP contribution in [0.25, 0.3) is 0 Å². The molecule has 1 aliphatic heterocycles. The van der Waals surface area contributed by atoms with E-state index in [1.807, 2.05) is 0 Å². The lowest BCUT2D eigenvalue weighted by molar-refractivity contribution is -0.141. The van der Waals surface area contributed by atoms with Crippen molar-refractivity contribution < 1.29 is 65.0 Å². The van der Waals surface area contributed by atoms with Gasteiger partial charge in [0, 0.05) is 12.3 Å². The van der Waals surface area contributed by atoms with E-state index in [4.69, 9.17) is 19.4 Å². The summed E-state index contributed by atoms with van der Waals surface area (Å²) in [7, 11) is -17.1. The van der Waals surface area contributed by atoms with Gasteiger partial charge >= 0.3 is 35.1 Å². The van der Waals surface area contributed by atoms with Crippen molar-refractivity contribution >= 4 is 23.5 Å². The van der Waals surface area contributed by atoms with E-state index >= 15 is 0 Å². The maximum absolute atomic E-state index is 14.3. The number of alkyl halides is 2. The van der Waals surface area contributed by atoms with Gasteiger partial charge in [0.15, 0.2) is 6.10 Å². The van der Waals surface area contributed by atoms with E-state index in [9.17, 15) is 42.1 Å². The number of hydrogen-bond donors (Lipinski definition) is 6. The van der Waals surface area contributed by atoms with Gasteiger partial charge in [0.05, 0.1) is 6.61 Å². The van der Waals surface area contributed by atoms with Crippen LogP contribution >= 0.6 is 23.5 Å². The van der Waals surface area contributed by atoms with E-state index in [0.29, 0.717) is 12.3 Å². The van der Waals surface area contributed by atoms with Crippen LogP contribution in [0.3, 0.4) is 0 Å². The first-order chi connectivity index (χ1) is 13.4. The molecule has 1 aromatic rings. The van der Waals surface area contributed by atoms with Crippen molar-refractivity contribution in [3.05, 3.63) is 33.1 Å². The molecule has 2 unspecified atom stereocenters. The lowest BCUT2D eigenvalue weighted by Crippen LogP contribution is -2.42. The van der Waals surface area contributed by atoms with Crippen LogP contribution in [0.5, 0.6) is 0 Å². The minimum atomic E-state index is -5.84. The number of ether oxygens (including phenoxy) is 1. The third-order valence-corrected chi connectivity index (χ3v) is 7.10. The Morgan fingerprint density at radius 3 is 2.27 bits per heavy atom. The maximum atomic E-state index is 14.3. The molecule has 0 saturated carbocycles. The Morgan fingerprint density at radius 1 is 1.13 bits per heavy atom. The summed E-state index contributed by atoms with van der Waals surface area (Å²) in [6.45, 7) is -1.38. The van der Waals surface area contributed by atoms with Crippen LogP contribution in [-0.2, 0) is 31.6 Å². The van der Waals surface area contributed by atoms with E-state index in [1.165, 1.54) is 0 Å². The fraction of sp³-hybridized carbons (Fsp3) is 0.556. The molecule has 5 atom stereocenters. The largest absolute Gasteiger partial charge is 0.490 e. The van der Waals surface area contributed by atoms with Crippen LogP contribution in [0.15, 0.2) is 21.9 Å². The number of aromatic amines is 1. The molecule has 0 radical (unpaired) electrons. The van der Waals surface area contributed by atoms with E-state index in [2.05, 4.69) is 13.1 Å². The van der Waals surface area contributed by atoms with Crippen molar-refractivity contribution in [2.45, 2.75) is 24.4 Å². The molecule has 30 heavy (non-hydrogen) atoms. The summed E-state index contributed by atoms with van der Waals surface area (Å²) in [6.07, 6.45) is -6.68. The highest BCUT2D eigenvalue weighted by Crippen LogP contribution is 2.66. The molecule has 21 heteroatoms. The molecular formula is C9H13F2N2O14P3. The molecule has 1 fully saturated rings. The topological polar surface area (TPSA) is 244 Å². The number of nitrogens with one attached hydrogen (secondary N) is 1. The quantitative estimate of drug-likeness (QED) is 0.227. The molecular weight excluding hydrogens is 491 g/mol. The second-order valence-corrected chi connectivity index (χ2v) is 9.97. The number of aliphatic hydroxyl groups is 1. The maximum Gasteiger partial charge on any atom is 0.490 e. The summed E-state index contributed by atoms with van der Waals surface area (Å²) >= 11 is 0. The van der Waals surface area contributed by atoms with Crippen molar-refractivity contribution in [1.82, 2.24) is 9.55 Å². The zero-order chi connectivity index (χ0) is 23.1. The van der Waals surface area contributed by atoms with Gasteiger partial charge < -0.3 is 29.4 Å².